The van der Waals surface area contributed by atoms with Gasteiger partial charge in [-0.25, -0.2) is 9.13 Å². The van der Waals surface area contributed by atoms with E-state index in [2.05, 4.69) is 65.8 Å². The first-order valence-electron chi connectivity index (χ1n) is 38.8. The van der Waals surface area contributed by atoms with Gasteiger partial charge in [-0.1, -0.05) is 316 Å². The maximum absolute atomic E-state index is 13.1. The molecule has 0 aliphatic heterocycles. The van der Waals surface area contributed by atoms with Crippen molar-refractivity contribution < 1.29 is 80.2 Å². The van der Waals surface area contributed by atoms with Crippen LogP contribution in [0.1, 0.15) is 369 Å². The van der Waals surface area contributed by atoms with Crippen LogP contribution >= 0.6 is 15.6 Å². The number of phosphoric acid groups is 2. The van der Waals surface area contributed by atoms with E-state index in [-0.39, 0.29) is 25.7 Å². The quantitative estimate of drug-likeness (QED) is 0.0169. The number of rotatable bonds is 73. The SMILES string of the molecule is CCCCCC/C=C\C=C/CCCCCCCC(=O)OC[C@H](COP(=O)(O)OC[C@@H](O)COP(=O)(O)OC[C@@H](COC(=O)CCCCCCCCCC(C)C)OC(=O)CCCCCCCCCCCCC(C)C)OC(=O)CCCCCCCCCCCCCCCCCCC. The fraction of sp³-hybridized carbons (Fsp3) is 0.895. The smallest absolute Gasteiger partial charge is 0.462 e. The van der Waals surface area contributed by atoms with Crippen molar-refractivity contribution >= 4 is 39.5 Å². The van der Waals surface area contributed by atoms with Crippen LogP contribution in [0.3, 0.4) is 0 Å². The van der Waals surface area contributed by atoms with Crippen molar-refractivity contribution in [3.63, 3.8) is 0 Å². The fourth-order valence-electron chi connectivity index (χ4n) is 11.1. The Balaban J connectivity index is 5.28. The molecular weight excluding hydrogens is 1250 g/mol. The number of allylic oxidation sites excluding steroid dienone is 4. The van der Waals surface area contributed by atoms with Gasteiger partial charge in [-0.3, -0.25) is 37.3 Å². The number of hydrogen-bond acceptors (Lipinski definition) is 15. The molecule has 0 aromatic heterocycles. The second-order valence-corrected chi connectivity index (χ2v) is 30.6. The van der Waals surface area contributed by atoms with Crippen LogP contribution in [-0.4, -0.2) is 96.7 Å². The van der Waals surface area contributed by atoms with Crippen molar-refractivity contribution in [2.75, 3.05) is 39.6 Å². The van der Waals surface area contributed by atoms with Crippen LogP contribution in [0.2, 0.25) is 0 Å². The minimum absolute atomic E-state index is 0.101. The van der Waals surface area contributed by atoms with E-state index in [1.807, 2.05) is 0 Å². The molecule has 5 atom stereocenters. The van der Waals surface area contributed by atoms with Gasteiger partial charge in [0, 0.05) is 25.7 Å². The van der Waals surface area contributed by atoms with Gasteiger partial charge in [-0.2, -0.15) is 0 Å². The van der Waals surface area contributed by atoms with Gasteiger partial charge in [0.2, 0.25) is 0 Å². The van der Waals surface area contributed by atoms with Gasteiger partial charge in [0.25, 0.3) is 0 Å². The van der Waals surface area contributed by atoms with E-state index < -0.39 is 97.5 Å². The van der Waals surface area contributed by atoms with Crippen LogP contribution in [-0.2, 0) is 65.4 Å². The number of phosphoric ester groups is 2. The Morgan fingerprint density at radius 3 is 0.863 bits per heavy atom. The Bertz CT molecular complexity index is 1930. The third kappa shape index (κ3) is 69.8. The normalized spacial score (nSPS) is 14.2. The van der Waals surface area contributed by atoms with Gasteiger partial charge in [0.05, 0.1) is 26.4 Å². The summed E-state index contributed by atoms with van der Waals surface area (Å²) in [6, 6.07) is 0. The first-order valence-corrected chi connectivity index (χ1v) is 41.8. The summed E-state index contributed by atoms with van der Waals surface area (Å²) in [5.41, 5.74) is 0. The van der Waals surface area contributed by atoms with Crippen LogP contribution in [0.25, 0.3) is 0 Å². The summed E-state index contributed by atoms with van der Waals surface area (Å²) in [6.45, 7) is 9.46. The Morgan fingerprint density at radius 2 is 0.568 bits per heavy atom. The lowest BCUT2D eigenvalue weighted by Crippen LogP contribution is -2.30. The molecule has 0 aliphatic rings. The van der Waals surface area contributed by atoms with Gasteiger partial charge in [0.15, 0.2) is 12.2 Å². The van der Waals surface area contributed by atoms with Crippen molar-refractivity contribution in [3.05, 3.63) is 24.3 Å². The first kappa shape index (κ1) is 92.5. The average Bonchev–Trinajstić information content (AvgIpc) is 2.57. The van der Waals surface area contributed by atoms with E-state index in [4.69, 9.17) is 37.0 Å². The zero-order valence-electron chi connectivity index (χ0n) is 61.5. The van der Waals surface area contributed by atoms with Crippen LogP contribution in [0.4, 0.5) is 0 Å². The number of hydrogen-bond donors (Lipinski definition) is 3. The average molecular weight is 1390 g/mol. The molecule has 0 aromatic rings. The van der Waals surface area contributed by atoms with Gasteiger partial charge in [-0.15, -0.1) is 0 Å². The van der Waals surface area contributed by atoms with Crippen LogP contribution in [0.5, 0.6) is 0 Å². The zero-order chi connectivity index (χ0) is 70.0. The molecule has 0 saturated heterocycles. The largest absolute Gasteiger partial charge is 0.472 e. The molecule has 95 heavy (non-hydrogen) atoms. The van der Waals surface area contributed by atoms with Crippen LogP contribution < -0.4 is 0 Å². The number of carbonyl (C=O) groups excluding carboxylic acids is 4. The van der Waals surface area contributed by atoms with Crippen molar-refractivity contribution in [2.24, 2.45) is 11.8 Å². The van der Waals surface area contributed by atoms with E-state index in [0.717, 1.165) is 121 Å². The lowest BCUT2D eigenvalue weighted by Gasteiger charge is -2.21. The second-order valence-electron chi connectivity index (χ2n) is 27.7. The Kier molecular flexibility index (Phi) is 65.6. The van der Waals surface area contributed by atoms with Gasteiger partial charge < -0.3 is 33.8 Å². The summed E-state index contributed by atoms with van der Waals surface area (Å²) < 4.78 is 68.5. The predicted octanol–water partition coefficient (Wildman–Crippen LogP) is 21.9. The minimum Gasteiger partial charge on any atom is -0.462 e. The Hall–Kier alpha value is -2.46. The highest BCUT2D eigenvalue weighted by atomic mass is 31.2. The van der Waals surface area contributed by atoms with E-state index >= 15 is 0 Å². The molecule has 0 radical (unpaired) electrons. The second kappa shape index (κ2) is 67.4. The molecule has 560 valence electrons. The van der Waals surface area contributed by atoms with Crippen LogP contribution in [0, 0.1) is 11.8 Å². The number of aliphatic hydroxyl groups excluding tert-OH is 1. The van der Waals surface area contributed by atoms with E-state index in [0.29, 0.717) is 31.6 Å². The zero-order valence-corrected chi connectivity index (χ0v) is 63.2. The molecule has 19 heteroatoms. The summed E-state index contributed by atoms with van der Waals surface area (Å²) in [4.78, 5) is 72.8. The lowest BCUT2D eigenvalue weighted by molar-refractivity contribution is -0.161. The lowest BCUT2D eigenvalue weighted by atomic mass is 10.0. The summed E-state index contributed by atoms with van der Waals surface area (Å²) in [5.74, 6) is -0.693. The summed E-state index contributed by atoms with van der Waals surface area (Å²) >= 11 is 0. The highest BCUT2D eigenvalue weighted by Crippen LogP contribution is 2.45. The maximum Gasteiger partial charge on any atom is 0.472 e. The number of ether oxygens (including phenoxy) is 4. The third-order valence-corrected chi connectivity index (χ3v) is 19.0. The van der Waals surface area contributed by atoms with E-state index in [9.17, 15) is 43.2 Å². The molecule has 0 saturated carbocycles. The Morgan fingerprint density at radius 1 is 0.326 bits per heavy atom. The topological polar surface area (TPSA) is 237 Å². The molecule has 2 unspecified atom stereocenters. The maximum atomic E-state index is 13.1. The molecule has 0 aliphatic carbocycles. The molecule has 0 heterocycles. The van der Waals surface area contributed by atoms with Gasteiger partial charge >= 0.3 is 39.5 Å². The number of carbonyl (C=O) groups is 4. The highest BCUT2D eigenvalue weighted by Gasteiger charge is 2.30. The molecule has 0 spiro atoms. The molecule has 0 aromatic carbocycles. The summed E-state index contributed by atoms with van der Waals surface area (Å²) in [6.07, 6.45) is 57.7. The summed E-state index contributed by atoms with van der Waals surface area (Å²) in [5, 5.41) is 10.6. The van der Waals surface area contributed by atoms with Gasteiger partial charge in [-0.05, 0) is 63.2 Å². The molecule has 0 amide bonds. The van der Waals surface area contributed by atoms with Crippen LogP contribution in [0.15, 0.2) is 24.3 Å². The Labute approximate surface area is 580 Å². The molecule has 0 rings (SSSR count). The van der Waals surface area contributed by atoms with E-state index in [1.165, 1.54) is 161 Å². The number of aliphatic hydroxyl groups is 1. The third-order valence-electron chi connectivity index (χ3n) is 17.1. The number of esters is 4. The highest BCUT2D eigenvalue weighted by molar-refractivity contribution is 7.47. The monoisotopic (exact) mass is 1390 g/mol. The van der Waals surface area contributed by atoms with E-state index in [1.54, 1.807) is 0 Å². The summed E-state index contributed by atoms with van der Waals surface area (Å²) in [7, 11) is -9.92. The molecule has 0 fully saturated rings. The standard InChI is InChI=1S/C76H144O17P2/c1-7-9-11-13-15-17-19-21-23-24-26-28-30-35-41-48-54-60-75(80)92-71(64-86-73(78)58-52-46-40-34-29-27-25-22-20-18-16-14-12-10-8-2)66-90-94(82,83)88-62-70(77)63-89-95(84,85)91-67-72(65-87-74(79)59-53-47-43-37-39-45-51-57-69(5)6)93-76(81)61-55-49-42-36-32-31-33-38-44-50-56-68(3)4/h18,20,22,25,68-72,77H,7-17,19,21,23-24,26-67H2,1-6H3,(H,82,83)(H,84,85)/b20-18-,25-22-/t70-,71-,72-/m1/s1. The minimum atomic E-state index is -4.96. The van der Waals surface area contributed by atoms with Gasteiger partial charge in [0.1, 0.15) is 19.3 Å². The fourth-order valence-corrected chi connectivity index (χ4v) is 12.7. The van der Waals surface area contributed by atoms with Crippen molar-refractivity contribution in [1.29, 1.82) is 0 Å². The van der Waals surface area contributed by atoms with Crippen molar-refractivity contribution in [2.45, 2.75) is 387 Å². The van der Waals surface area contributed by atoms with Crippen molar-refractivity contribution in [1.82, 2.24) is 0 Å². The molecule has 17 nitrogen and oxygen atoms in total. The predicted molar refractivity (Wildman–Crippen MR) is 386 cm³/mol. The number of unbranched alkanes of at least 4 members (excludes halogenated alkanes) is 40. The molecular formula is C76H144O17P2. The van der Waals surface area contributed by atoms with Crippen molar-refractivity contribution in [3.8, 4) is 0 Å². The first-order chi connectivity index (χ1) is 45.9. The molecule has 3 N–H and O–H groups in total. The molecule has 0 bridgehead atoms.